The first kappa shape index (κ1) is 25.6. The number of carbonyl (C=O) groups excluding carboxylic acids is 2. The number of nitrogens with zero attached hydrogens (tertiary/aromatic N) is 3. The average Bonchev–Trinajstić information content (AvgIpc) is 3.12. The number of nitro benzene ring substituents is 1. The molecule has 0 saturated carbocycles. The smallest absolute Gasteiger partial charge is 0.295 e. The molecule has 190 valence electrons. The lowest BCUT2D eigenvalue weighted by atomic mass is 9.93. The van der Waals surface area contributed by atoms with Crippen LogP contribution < -0.4 is 4.74 Å². The Bertz CT molecular complexity index is 1370. The summed E-state index contributed by atoms with van der Waals surface area (Å²) in [5.74, 6) is -0.951. The van der Waals surface area contributed by atoms with Crippen LogP contribution in [-0.4, -0.2) is 38.2 Å². The van der Waals surface area contributed by atoms with E-state index in [2.05, 4.69) is 4.98 Å². The van der Waals surface area contributed by atoms with Gasteiger partial charge in [0.25, 0.3) is 17.4 Å². The molecule has 1 amide bonds. The normalized spacial score (nSPS) is 16.9. The summed E-state index contributed by atoms with van der Waals surface area (Å²) in [6.45, 7) is 6.46. The molecule has 0 spiro atoms. The van der Waals surface area contributed by atoms with Gasteiger partial charge >= 0.3 is 0 Å². The van der Waals surface area contributed by atoms with Crippen LogP contribution >= 0.6 is 0 Å². The summed E-state index contributed by atoms with van der Waals surface area (Å²) in [6, 6.07) is 13.3. The first-order valence-corrected chi connectivity index (χ1v) is 11.8. The van der Waals surface area contributed by atoms with Gasteiger partial charge < -0.3 is 14.7 Å². The van der Waals surface area contributed by atoms with Crippen molar-refractivity contribution in [1.29, 1.82) is 0 Å². The summed E-state index contributed by atoms with van der Waals surface area (Å²) in [5.41, 5.74) is 2.01. The Hall–Kier alpha value is -4.53. The fourth-order valence-corrected chi connectivity index (χ4v) is 4.26. The molecule has 2 aromatic carbocycles. The van der Waals surface area contributed by atoms with Crippen molar-refractivity contribution >= 4 is 23.1 Å². The van der Waals surface area contributed by atoms with Crippen LogP contribution in [0.2, 0.25) is 0 Å². The van der Waals surface area contributed by atoms with Crippen molar-refractivity contribution in [2.45, 2.75) is 33.4 Å². The summed E-state index contributed by atoms with van der Waals surface area (Å²) in [5, 5.41) is 22.5. The van der Waals surface area contributed by atoms with Crippen molar-refractivity contribution in [2.24, 2.45) is 5.92 Å². The molecule has 2 heterocycles. The van der Waals surface area contributed by atoms with Crippen molar-refractivity contribution < 1.29 is 24.4 Å². The molecular formula is C28H27N3O6. The highest BCUT2D eigenvalue weighted by atomic mass is 16.6. The van der Waals surface area contributed by atoms with Crippen LogP contribution in [-0.2, 0) is 16.1 Å². The molecule has 4 rings (SSSR count). The molecule has 1 aliphatic heterocycles. The van der Waals surface area contributed by atoms with E-state index in [1.165, 1.54) is 29.2 Å². The molecule has 37 heavy (non-hydrogen) atoms. The number of Topliss-reactive ketones (excluding diaryl/α,β-unsaturated/α-hetero) is 1. The van der Waals surface area contributed by atoms with E-state index in [-0.39, 0.29) is 23.6 Å². The number of pyridine rings is 1. The van der Waals surface area contributed by atoms with Gasteiger partial charge in [-0.1, -0.05) is 19.9 Å². The van der Waals surface area contributed by atoms with Gasteiger partial charge in [-0.25, -0.2) is 0 Å². The van der Waals surface area contributed by atoms with Crippen LogP contribution in [0.15, 0.2) is 72.6 Å². The first-order chi connectivity index (χ1) is 17.7. The lowest BCUT2D eigenvalue weighted by molar-refractivity contribution is -0.384. The first-order valence-electron chi connectivity index (χ1n) is 11.8. The number of aliphatic hydroxyl groups is 1. The fourth-order valence-electron chi connectivity index (χ4n) is 4.26. The van der Waals surface area contributed by atoms with Crippen LogP contribution in [0.3, 0.4) is 0 Å². The third kappa shape index (κ3) is 5.35. The van der Waals surface area contributed by atoms with Crippen LogP contribution in [0, 0.1) is 23.0 Å². The summed E-state index contributed by atoms with van der Waals surface area (Å²) < 4.78 is 5.76. The number of aryl methyl sites for hydroxylation is 1. The Morgan fingerprint density at radius 2 is 1.89 bits per heavy atom. The highest BCUT2D eigenvalue weighted by molar-refractivity contribution is 6.46. The van der Waals surface area contributed by atoms with Crippen LogP contribution in [0.4, 0.5) is 5.69 Å². The van der Waals surface area contributed by atoms with E-state index >= 15 is 0 Å². The van der Waals surface area contributed by atoms with Crippen molar-refractivity contribution in [3.8, 4) is 5.75 Å². The van der Waals surface area contributed by atoms with E-state index < -0.39 is 22.7 Å². The third-order valence-corrected chi connectivity index (χ3v) is 6.07. The molecule has 0 bridgehead atoms. The number of ether oxygens (including phenoxy) is 1. The summed E-state index contributed by atoms with van der Waals surface area (Å²) in [6.07, 6.45) is 3.19. The molecule has 0 radical (unpaired) electrons. The number of benzene rings is 2. The molecule has 0 aliphatic carbocycles. The highest BCUT2D eigenvalue weighted by Crippen LogP contribution is 2.41. The van der Waals surface area contributed by atoms with Gasteiger partial charge in [0.1, 0.15) is 11.5 Å². The summed E-state index contributed by atoms with van der Waals surface area (Å²) >= 11 is 0. The zero-order chi connectivity index (χ0) is 26.7. The molecule has 9 heteroatoms. The molecule has 1 saturated heterocycles. The summed E-state index contributed by atoms with van der Waals surface area (Å²) in [4.78, 5) is 42.5. The monoisotopic (exact) mass is 501 g/mol. The van der Waals surface area contributed by atoms with Crippen molar-refractivity contribution in [2.75, 3.05) is 6.61 Å². The van der Waals surface area contributed by atoms with Crippen molar-refractivity contribution in [3.05, 3.63) is 105 Å². The molecule has 1 fully saturated rings. The number of amides is 1. The van der Waals surface area contributed by atoms with Crippen molar-refractivity contribution in [3.63, 3.8) is 0 Å². The fraction of sp³-hybridized carbons (Fsp3) is 0.250. The average molecular weight is 502 g/mol. The number of likely N-dealkylation sites (tertiary alicyclic amines) is 1. The predicted molar refractivity (Wildman–Crippen MR) is 137 cm³/mol. The quantitative estimate of drug-likeness (QED) is 0.152. The molecular weight excluding hydrogens is 474 g/mol. The zero-order valence-corrected chi connectivity index (χ0v) is 20.7. The number of carbonyl (C=O) groups is 2. The van der Waals surface area contributed by atoms with E-state index in [0.717, 1.165) is 0 Å². The van der Waals surface area contributed by atoms with E-state index in [0.29, 0.717) is 40.5 Å². The second-order valence-corrected chi connectivity index (χ2v) is 9.32. The molecule has 1 atom stereocenters. The van der Waals surface area contributed by atoms with Gasteiger partial charge in [0.05, 0.1) is 23.1 Å². The molecule has 0 unspecified atom stereocenters. The largest absolute Gasteiger partial charge is 0.507 e. The number of aromatic nitrogens is 1. The lowest BCUT2D eigenvalue weighted by Gasteiger charge is -2.25. The number of hydrogen-bond acceptors (Lipinski definition) is 7. The van der Waals surface area contributed by atoms with Gasteiger partial charge in [-0.3, -0.25) is 24.7 Å². The SMILES string of the molecule is Cc1cc(OCC(C)C)ccc1/C(O)=C1\C(=O)C(=O)N(Cc2cccnc2)[C@@H]1c1ccc([N+](=O)[O-])cc1. The molecule has 1 N–H and O–H groups in total. The molecule has 1 aliphatic rings. The van der Waals surface area contributed by atoms with Crippen LogP contribution in [0.25, 0.3) is 5.76 Å². The summed E-state index contributed by atoms with van der Waals surface area (Å²) in [7, 11) is 0. The second-order valence-electron chi connectivity index (χ2n) is 9.32. The van der Waals surface area contributed by atoms with E-state index in [9.17, 15) is 24.8 Å². The topological polar surface area (TPSA) is 123 Å². The lowest BCUT2D eigenvalue weighted by Crippen LogP contribution is -2.29. The Kier molecular flexibility index (Phi) is 7.33. The van der Waals surface area contributed by atoms with Gasteiger partial charge in [-0.05, 0) is 65.9 Å². The van der Waals surface area contributed by atoms with E-state index in [1.807, 2.05) is 13.8 Å². The van der Waals surface area contributed by atoms with Gasteiger partial charge in [-0.15, -0.1) is 0 Å². The minimum absolute atomic E-state index is 0.0673. The van der Waals surface area contributed by atoms with E-state index in [1.54, 1.807) is 49.6 Å². The number of hydrogen-bond donors (Lipinski definition) is 1. The molecule has 1 aromatic heterocycles. The van der Waals surface area contributed by atoms with E-state index in [4.69, 9.17) is 4.74 Å². The Labute approximate surface area is 214 Å². The maximum absolute atomic E-state index is 13.3. The molecule has 9 nitrogen and oxygen atoms in total. The maximum Gasteiger partial charge on any atom is 0.295 e. The number of rotatable bonds is 8. The number of ketones is 1. The Balaban J connectivity index is 1.81. The number of nitro groups is 1. The zero-order valence-electron chi connectivity index (χ0n) is 20.7. The van der Waals surface area contributed by atoms with Crippen LogP contribution in [0.5, 0.6) is 5.75 Å². The highest BCUT2D eigenvalue weighted by Gasteiger charge is 2.46. The van der Waals surface area contributed by atoms with Crippen molar-refractivity contribution in [1.82, 2.24) is 9.88 Å². The number of aliphatic hydroxyl groups excluding tert-OH is 1. The standard InChI is InChI=1S/C28H27N3O6/c1-17(2)16-37-22-10-11-23(18(3)13-22)26(32)24-25(20-6-8-21(9-7-20)31(35)36)30(28(34)27(24)33)15-19-5-4-12-29-14-19/h4-14,17,25,32H,15-16H2,1-3H3/b26-24+/t25-/m1/s1. The third-order valence-electron chi connectivity index (χ3n) is 6.07. The minimum Gasteiger partial charge on any atom is -0.507 e. The second kappa shape index (κ2) is 10.6. The van der Waals surface area contributed by atoms with Gasteiger partial charge in [0.2, 0.25) is 0 Å². The maximum atomic E-state index is 13.3. The molecule has 3 aromatic rings. The van der Waals surface area contributed by atoms with Gasteiger partial charge in [0, 0.05) is 36.6 Å². The van der Waals surface area contributed by atoms with Crippen LogP contribution in [0.1, 0.15) is 42.1 Å². The van der Waals surface area contributed by atoms with Gasteiger partial charge in [0.15, 0.2) is 0 Å². The number of non-ortho nitro benzene ring substituents is 1. The van der Waals surface area contributed by atoms with Gasteiger partial charge in [-0.2, -0.15) is 0 Å². The Morgan fingerprint density at radius 1 is 1.16 bits per heavy atom. The Morgan fingerprint density at radius 3 is 2.49 bits per heavy atom. The minimum atomic E-state index is -0.947. The predicted octanol–water partition coefficient (Wildman–Crippen LogP) is 4.95.